The van der Waals surface area contributed by atoms with Crippen LogP contribution in [-0.4, -0.2) is 39.9 Å². The summed E-state index contributed by atoms with van der Waals surface area (Å²) < 4.78 is 11.3. The van der Waals surface area contributed by atoms with Crippen LogP contribution in [0.15, 0.2) is 128 Å². The van der Waals surface area contributed by atoms with Crippen molar-refractivity contribution >= 4 is 41.3 Å². The molecule has 3 heterocycles. The van der Waals surface area contributed by atoms with Crippen molar-refractivity contribution in [3.8, 4) is 0 Å². The van der Waals surface area contributed by atoms with Gasteiger partial charge in [0.25, 0.3) is 5.91 Å². The zero-order valence-corrected chi connectivity index (χ0v) is 25.3. The third-order valence-electron chi connectivity index (χ3n) is 7.19. The zero-order valence-electron chi connectivity index (χ0n) is 23.7. The minimum absolute atomic E-state index is 0.111. The van der Waals surface area contributed by atoms with Crippen molar-refractivity contribution in [2.75, 3.05) is 5.75 Å². The number of β-lactam (4-membered cyclic amide) rings is 1. The van der Waals surface area contributed by atoms with Crippen LogP contribution < -0.4 is 10.9 Å². The third kappa shape index (κ3) is 6.36. The van der Waals surface area contributed by atoms with Crippen molar-refractivity contribution in [3.05, 3.63) is 147 Å². The fraction of sp³-hybridized carbons (Fsp3) is 0.176. The van der Waals surface area contributed by atoms with Gasteiger partial charge in [-0.05, 0) is 29.7 Å². The van der Waals surface area contributed by atoms with Crippen molar-refractivity contribution in [3.63, 3.8) is 0 Å². The molecule has 2 aliphatic heterocycles. The molecule has 1 N–H and O–H groups in total. The molecule has 0 aliphatic carbocycles. The number of hydrogen-bond acceptors (Lipinski definition) is 8. The molecular formula is C34H28N2O6S2. The molecule has 8 nitrogen and oxygen atoms in total. The van der Waals surface area contributed by atoms with Crippen molar-refractivity contribution in [1.29, 1.82) is 0 Å². The Morgan fingerprint density at radius 3 is 2.18 bits per heavy atom. The van der Waals surface area contributed by atoms with Crippen LogP contribution in [-0.2, 0) is 25.5 Å². The second-order valence-corrected chi connectivity index (χ2v) is 12.6. The molecule has 0 unspecified atom stereocenters. The zero-order chi connectivity index (χ0) is 30.6. The monoisotopic (exact) mass is 624 g/mol. The highest BCUT2D eigenvalue weighted by atomic mass is 32.2. The number of fused-ring (bicyclic) bond motifs is 1. The molecule has 222 valence electrons. The van der Waals surface area contributed by atoms with E-state index in [9.17, 15) is 19.2 Å². The summed E-state index contributed by atoms with van der Waals surface area (Å²) in [5, 5.41) is 2.38. The number of nitrogens with zero attached hydrogens (tertiary/aromatic N) is 1. The van der Waals surface area contributed by atoms with Crippen LogP contribution in [0.25, 0.3) is 0 Å². The molecule has 6 rings (SSSR count). The molecule has 0 saturated carbocycles. The molecule has 1 saturated heterocycles. The summed E-state index contributed by atoms with van der Waals surface area (Å²) in [6.45, 7) is 1.67. The van der Waals surface area contributed by atoms with E-state index in [1.54, 1.807) is 13.0 Å². The highest BCUT2D eigenvalue weighted by Gasteiger charge is 2.54. The SMILES string of the molecule is Cc1cc(SC2=C(C(=O)OC(c3ccccc3)c3ccccc3)N3C(=O)[C@@H](NC(=O)Cc4ccccc4)[C@H]3SC2)cc(=O)o1. The number of thioether (sulfide) groups is 2. The number of esters is 1. The van der Waals surface area contributed by atoms with Crippen LogP contribution in [0.1, 0.15) is 28.6 Å². The average Bonchev–Trinajstić information content (AvgIpc) is 3.03. The fourth-order valence-electron chi connectivity index (χ4n) is 5.19. The van der Waals surface area contributed by atoms with Gasteiger partial charge in [-0.3, -0.25) is 14.5 Å². The lowest BCUT2D eigenvalue weighted by molar-refractivity contribution is -0.154. The Morgan fingerprint density at radius 2 is 1.57 bits per heavy atom. The molecule has 0 radical (unpaired) electrons. The Morgan fingerprint density at radius 1 is 0.955 bits per heavy atom. The largest absolute Gasteiger partial charge is 0.448 e. The molecule has 4 aromatic rings. The quantitative estimate of drug-likeness (QED) is 0.200. The molecule has 2 amide bonds. The summed E-state index contributed by atoms with van der Waals surface area (Å²) in [6.07, 6.45) is -0.583. The van der Waals surface area contributed by atoms with Gasteiger partial charge in [0.2, 0.25) is 5.91 Å². The van der Waals surface area contributed by atoms with E-state index in [2.05, 4.69) is 5.32 Å². The lowest BCUT2D eigenvalue weighted by Gasteiger charge is -2.49. The molecule has 1 aromatic heterocycles. The molecule has 3 aromatic carbocycles. The lowest BCUT2D eigenvalue weighted by atomic mass is 10.0. The van der Waals surface area contributed by atoms with Crippen LogP contribution in [0.3, 0.4) is 0 Å². The second-order valence-electron chi connectivity index (χ2n) is 10.3. The maximum absolute atomic E-state index is 14.1. The van der Waals surface area contributed by atoms with Crippen LogP contribution >= 0.6 is 23.5 Å². The number of ether oxygens (including phenoxy) is 1. The van der Waals surface area contributed by atoms with E-state index < -0.39 is 35.0 Å². The Balaban J connectivity index is 1.31. The van der Waals surface area contributed by atoms with Crippen molar-refractivity contribution in [2.45, 2.75) is 35.8 Å². The van der Waals surface area contributed by atoms with E-state index in [-0.39, 0.29) is 18.0 Å². The number of carbonyl (C=O) groups is 3. The first kappa shape index (κ1) is 29.5. The van der Waals surface area contributed by atoms with Gasteiger partial charge >= 0.3 is 11.6 Å². The summed E-state index contributed by atoms with van der Waals surface area (Å²) >= 11 is 2.67. The van der Waals surface area contributed by atoms with Crippen molar-refractivity contribution in [2.24, 2.45) is 0 Å². The maximum atomic E-state index is 14.1. The molecule has 0 spiro atoms. The number of carbonyl (C=O) groups excluding carboxylic acids is 3. The topological polar surface area (TPSA) is 106 Å². The molecule has 2 aliphatic rings. The number of nitrogens with one attached hydrogen (secondary N) is 1. The van der Waals surface area contributed by atoms with Crippen LogP contribution in [0.2, 0.25) is 0 Å². The molecular weight excluding hydrogens is 597 g/mol. The average molecular weight is 625 g/mol. The second kappa shape index (κ2) is 13.0. The first-order valence-electron chi connectivity index (χ1n) is 14.0. The number of aryl methyl sites for hydroxylation is 1. The van der Waals surface area contributed by atoms with E-state index in [0.29, 0.717) is 21.3 Å². The van der Waals surface area contributed by atoms with Gasteiger partial charge in [-0.15, -0.1) is 11.8 Å². The van der Waals surface area contributed by atoms with Crippen LogP contribution in [0, 0.1) is 6.92 Å². The van der Waals surface area contributed by atoms with Crippen LogP contribution in [0.5, 0.6) is 0 Å². The van der Waals surface area contributed by atoms with Crippen LogP contribution in [0.4, 0.5) is 0 Å². The summed E-state index contributed by atoms with van der Waals surface area (Å²) in [6, 6.07) is 30.4. The summed E-state index contributed by atoms with van der Waals surface area (Å²) in [7, 11) is 0. The number of hydrogen-bond donors (Lipinski definition) is 1. The number of rotatable bonds is 9. The van der Waals surface area contributed by atoms with Crippen molar-refractivity contribution in [1.82, 2.24) is 10.2 Å². The minimum atomic E-state index is -0.782. The number of amides is 2. The predicted molar refractivity (Wildman–Crippen MR) is 169 cm³/mol. The van der Waals surface area contributed by atoms with Crippen molar-refractivity contribution < 1.29 is 23.5 Å². The normalized spacial score (nSPS) is 17.6. The predicted octanol–water partition coefficient (Wildman–Crippen LogP) is 5.23. The van der Waals surface area contributed by atoms with E-state index in [1.807, 2.05) is 91.0 Å². The smallest absolute Gasteiger partial charge is 0.356 e. The Bertz CT molecular complexity index is 1740. The first-order valence-corrected chi connectivity index (χ1v) is 15.9. The molecule has 44 heavy (non-hydrogen) atoms. The van der Waals surface area contributed by atoms with E-state index in [4.69, 9.17) is 9.15 Å². The summed E-state index contributed by atoms with van der Waals surface area (Å²) in [4.78, 5) is 55.2. The third-order valence-corrected chi connectivity index (χ3v) is 9.71. The Kier molecular flexibility index (Phi) is 8.72. The van der Waals surface area contributed by atoms with Gasteiger partial charge in [0.1, 0.15) is 22.9 Å². The van der Waals surface area contributed by atoms with Gasteiger partial charge in [0.15, 0.2) is 6.10 Å². The van der Waals surface area contributed by atoms with Gasteiger partial charge in [-0.2, -0.15) is 0 Å². The van der Waals surface area contributed by atoms with E-state index in [1.165, 1.54) is 34.5 Å². The molecule has 10 heteroatoms. The van der Waals surface area contributed by atoms with Gasteiger partial charge in [-0.25, -0.2) is 9.59 Å². The highest BCUT2D eigenvalue weighted by Crippen LogP contribution is 2.46. The maximum Gasteiger partial charge on any atom is 0.356 e. The fourth-order valence-corrected chi connectivity index (χ4v) is 7.77. The minimum Gasteiger partial charge on any atom is -0.448 e. The molecule has 1 fully saturated rings. The van der Waals surface area contributed by atoms with Gasteiger partial charge in [0, 0.05) is 21.6 Å². The standard InChI is InChI=1S/C34H28N2O6S2/c1-21-17-25(19-28(38)41-21)44-26-20-43-33-29(35-27(37)18-22-11-5-2-6-12-22)32(39)36(33)30(26)34(40)42-31(23-13-7-3-8-14-23)24-15-9-4-10-16-24/h2-17,19,29,31,33H,18,20H2,1H3,(H,35,37)/t29-,33-/m1/s1. The summed E-state index contributed by atoms with van der Waals surface area (Å²) in [5.74, 6) is -0.538. The molecule has 2 atom stereocenters. The van der Waals surface area contributed by atoms with E-state index >= 15 is 0 Å². The number of benzene rings is 3. The van der Waals surface area contributed by atoms with Gasteiger partial charge in [0.05, 0.1) is 6.42 Å². The summed E-state index contributed by atoms with van der Waals surface area (Å²) in [5.41, 5.74) is 2.00. The Labute approximate surface area is 262 Å². The van der Waals surface area contributed by atoms with Gasteiger partial charge < -0.3 is 14.5 Å². The highest BCUT2D eigenvalue weighted by molar-refractivity contribution is 8.06. The first-order chi connectivity index (χ1) is 21.4. The Hall–Kier alpha value is -4.54. The van der Waals surface area contributed by atoms with Gasteiger partial charge in [-0.1, -0.05) is 103 Å². The lowest BCUT2D eigenvalue weighted by Crippen LogP contribution is -2.70. The van der Waals surface area contributed by atoms with E-state index in [0.717, 1.165) is 16.7 Å². The molecule has 0 bridgehead atoms.